The van der Waals surface area contributed by atoms with Gasteiger partial charge in [0.1, 0.15) is 11.9 Å². The molecule has 2 nitrogen and oxygen atoms in total. The largest absolute Gasteiger partial charge is 0.366 e. The normalized spacial score (nSPS) is 11.8. The summed E-state index contributed by atoms with van der Waals surface area (Å²) in [4.78, 5) is 0. The fourth-order valence-corrected chi connectivity index (χ4v) is 2.29. The van der Waals surface area contributed by atoms with Crippen LogP contribution in [0.5, 0.6) is 0 Å². The van der Waals surface area contributed by atoms with Gasteiger partial charge in [0.15, 0.2) is 0 Å². The maximum absolute atomic E-state index is 13.3. The fraction of sp³-hybridized carbons (Fsp3) is 0.133. The minimum Gasteiger partial charge on any atom is -0.366 e. The number of hydrogen-bond donors (Lipinski definition) is 1. The zero-order valence-electron chi connectivity index (χ0n) is 10.6. The molecule has 1 atom stereocenters. The van der Waals surface area contributed by atoms with Crippen LogP contribution in [0.2, 0.25) is 5.02 Å². The predicted octanol–water partition coefficient (Wildman–Crippen LogP) is 5.23. The van der Waals surface area contributed by atoms with Crippen LogP contribution in [0.3, 0.4) is 0 Å². The van der Waals surface area contributed by atoms with Crippen molar-refractivity contribution in [3.63, 3.8) is 0 Å². The van der Waals surface area contributed by atoms with E-state index in [4.69, 9.17) is 11.6 Å². The third-order valence-electron chi connectivity index (χ3n) is 2.88. The number of benzene rings is 2. The van der Waals surface area contributed by atoms with Crippen molar-refractivity contribution >= 4 is 33.2 Å². The highest BCUT2D eigenvalue weighted by atomic mass is 79.9. The SMILES string of the molecule is Cc1cc(C(C#N)Nc2ccc(Cl)c(Br)c2)ccc1F. The van der Waals surface area contributed by atoms with E-state index in [0.717, 1.165) is 15.7 Å². The first-order chi connectivity index (χ1) is 9.51. The second-order valence-electron chi connectivity index (χ2n) is 4.34. The molecule has 0 spiro atoms. The van der Waals surface area contributed by atoms with Gasteiger partial charge in [-0.3, -0.25) is 0 Å². The first-order valence-corrected chi connectivity index (χ1v) is 7.05. The van der Waals surface area contributed by atoms with Gasteiger partial charge in [-0.15, -0.1) is 0 Å². The van der Waals surface area contributed by atoms with E-state index in [2.05, 4.69) is 27.3 Å². The second kappa shape index (κ2) is 6.25. The number of halogens is 3. The molecule has 0 saturated heterocycles. The lowest BCUT2D eigenvalue weighted by Gasteiger charge is -2.14. The Morgan fingerprint density at radius 1 is 1.30 bits per heavy atom. The zero-order chi connectivity index (χ0) is 14.7. The predicted molar refractivity (Wildman–Crippen MR) is 82.3 cm³/mol. The van der Waals surface area contributed by atoms with Gasteiger partial charge in [0, 0.05) is 10.2 Å². The summed E-state index contributed by atoms with van der Waals surface area (Å²) < 4.78 is 14.0. The van der Waals surface area contributed by atoms with Gasteiger partial charge in [0.2, 0.25) is 0 Å². The van der Waals surface area contributed by atoms with Crippen molar-refractivity contribution in [2.75, 3.05) is 5.32 Å². The van der Waals surface area contributed by atoms with E-state index in [-0.39, 0.29) is 5.82 Å². The van der Waals surface area contributed by atoms with Crippen molar-refractivity contribution in [1.29, 1.82) is 5.26 Å². The molecule has 0 aliphatic heterocycles. The lowest BCUT2D eigenvalue weighted by Crippen LogP contribution is -2.09. The molecule has 2 rings (SSSR count). The monoisotopic (exact) mass is 352 g/mol. The molecular weight excluding hydrogens is 343 g/mol. The number of nitriles is 1. The average molecular weight is 354 g/mol. The standard InChI is InChI=1S/C15H11BrClFN2/c1-9-6-10(2-5-14(9)18)15(8-19)20-11-3-4-13(17)12(16)7-11/h2-7,15,20H,1H3. The van der Waals surface area contributed by atoms with Gasteiger partial charge in [-0.05, 0) is 58.2 Å². The van der Waals surface area contributed by atoms with Crippen LogP contribution in [0.4, 0.5) is 10.1 Å². The smallest absolute Gasteiger partial charge is 0.140 e. The van der Waals surface area contributed by atoms with Crippen molar-refractivity contribution in [3.05, 3.63) is 62.8 Å². The Hall–Kier alpha value is -1.57. The first kappa shape index (κ1) is 14.8. The average Bonchev–Trinajstić information content (AvgIpc) is 2.43. The molecular formula is C15H11BrClFN2. The maximum Gasteiger partial charge on any atom is 0.140 e. The summed E-state index contributed by atoms with van der Waals surface area (Å²) in [7, 11) is 0. The van der Waals surface area contributed by atoms with Crippen molar-refractivity contribution in [3.8, 4) is 6.07 Å². The molecule has 1 unspecified atom stereocenters. The van der Waals surface area contributed by atoms with Gasteiger partial charge in [0.25, 0.3) is 0 Å². The molecule has 1 N–H and O–H groups in total. The summed E-state index contributed by atoms with van der Waals surface area (Å²) in [6.07, 6.45) is 0. The first-order valence-electron chi connectivity index (χ1n) is 5.88. The number of anilines is 1. The van der Waals surface area contributed by atoms with Crippen LogP contribution >= 0.6 is 27.5 Å². The minimum atomic E-state index is -0.553. The van der Waals surface area contributed by atoms with Crippen molar-refractivity contribution in [2.45, 2.75) is 13.0 Å². The Balaban J connectivity index is 2.26. The molecule has 0 saturated carbocycles. The molecule has 2 aromatic carbocycles. The van der Waals surface area contributed by atoms with Gasteiger partial charge in [-0.25, -0.2) is 4.39 Å². The second-order valence-corrected chi connectivity index (χ2v) is 5.61. The number of rotatable bonds is 3. The van der Waals surface area contributed by atoms with E-state index in [1.54, 1.807) is 37.3 Å². The van der Waals surface area contributed by atoms with Crippen LogP contribution < -0.4 is 5.32 Å². The molecule has 0 radical (unpaired) electrons. The molecule has 2 aromatic rings. The maximum atomic E-state index is 13.3. The topological polar surface area (TPSA) is 35.8 Å². The van der Waals surface area contributed by atoms with E-state index >= 15 is 0 Å². The number of nitrogens with one attached hydrogen (secondary N) is 1. The number of hydrogen-bond acceptors (Lipinski definition) is 2. The Morgan fingerprint density at radius 2 is 2.05 bits per heavy atom. The lowest BCUT2D eigenvalue weighted by atomic mass is 10.0. The van der Waals surface area contributed by atoms with Gasteiger partial charge in [0.05, 0.1) is 11.1 Å². The summed E-state index contributed by atoms with van der Waals surface area (Å²) in [5.74, 6) is -0.278. The van der Waals surface area contributed by atoms with Crippen LogP contribution in [-0.2, 0) is 0 Å². The number of aryl methyl sites for hydroxylation is 1. The van der Waals surface area contributed by atoms with Gasteiger partial charge in [-0.2, -0.15) is 5.26 Å². The lowest BCUT2D eigenvalue weighted by molar-refractivity contribution is 0.617. The highest BCUT2D eigenvalue weighted by Gasteiger charge is 2.12. The quantitative estimate of drug-likeness (QED) is 0.820. The Labute approximate surface area is 130 Å². The minimum absolute atomic E-state index is 0.278. The highest BCUT2D eigenvalue weighted by Crippen LogP contribution is 2.28. The van der Waals surface area contributed by atoms with Crippen LogP contribution in [0.1, 0.15) is 17.2 Å². The van der Waals surface area contributed by atoms with Crippen molar-refractivity contribution in [1.82, 2.24) is 0 Å². The van der Waals surface area contributed by atoms with Gasteiger partial charge < -0.3 is 5.32 Å². The highest BCUT2D eigenvalue weighted by molar-refractivity contribution is 9.10. The summed E-state index contributed by atoms with van der Waals surface area (Å²) in [5, 5.41) is 13.0. The van der Waals surface area contributed by atoms with E-state index in [1.807, 2.05) is 0 Å². The molecule has 102 valence electrons. The van der Waals surface area contributed by atoms with Crippen LogP contribution in [0.25, 0.3) is 0 Å². The van der Waals surface area contributed by atoms with Gasteiger partial charge >= 0.3 is 0 Å². The third-order valence-corrected chi connectivity index (χ3v) is 4.09. The molecule has 0 aromatic heterocycles. The Morgan fingerprint density at radius 3 is 2.65 bits per heavy atom. The summed E-state index contributed by atoms with van der Waals surface area (Å²) in [6, 6.07) is 11.6. The van der Waals surface area contributed by atoms with Gasteiger partial charge in [-0.1, -0.05) is 23.7 Å². The van der Waals surface area contributed by atoms with E-state index in [1.165, 1.54) is 6.07 Å². The van der Waals surface area contributed by atoms with E-state index < -0.39 is 6.04 Å². The zero-order valence-corrected chi connectivity index (χ0v) is 13.0. The van der Waals surface area contributed by atoms with Crippen molar-refractivity contribution < 1.29 is 4.39 Å². The molecule has 5 heteroatoms. The van der Waals surface area contributed by atoms with Crippen LogP contribution in [-0.4, -0.2) is 0 Å². The van der Waals surface area contributed by atoms with E-state index in [9.17, 15) is 9.65 Å². The Kier molecular flexibility index (Phi) is 4.64. The molecule has 20 heavy (non-hydrogen) atoms. The summed E-state index contributed by atoms with van der Waals surface area (Å²) in [5.41, 5.74) is 1.99. The van der Waals surface area contributed by atoms with Crippen LogP contribution in [0, 0.1) is 24.1 Å². The molecule has 0 amide bonds. The summed E-state index contributed by atoms with van der Waals surface area (Å²) >= 11 is 9.26. The molecule has 0 fully saturated rings. The van der Waals surface area contributed by atoms with Crippen molar-refractivity contribution in [2.24, 2.45) is 0 Å². The molecule has 0 aliphatic carbocycles. The molecule has 0 bridgehead atoms. The molecule has 0 aliphatic rings. The Bertz CT molecular complexity index is 682. The fourth-order valence-electron chi connectivity index (χ4n) is 1.79. The van der Waals surface area contributed by atoms with Crippen LogP contribution in [0.15, 0.2) is 40.9 Å². The summed E-state index contributed by atoms with van der Waals surface area (Å²) in [6.45, 7) is 1.67. The number of nitrogens with zero attached hydrogens (tertiary/aromatic N) is 1. The molecule has 0 heterocycles. The van der Waals surface area contributed by atoms with E-state index in [0.29, 0.717) is 10.6 Å². The third kappa shape index (κ3) is 3.30.